The second kappa shape index (κ2) is 4.51. The number of nitrogens with zero attached hydrogens (tertiary/aromatic N) is 1. The quantitative estimate of drug-likeness (QED) is 0.644. The molecule has 68 valence electrons. The summed E-state index contributed by atoms with van der Waals surface area (Å²) in [6, 6.07) is 7.78. The molecule has 1 aromatic rings. The molecule has 0 N–H and O–H groups in total. The summed E-state index contributed by atoms with van der Waals surface area (Å²) in [6.07, 6.45) is 0. The van der Waals surface area contributed by atoms with Crippen molar-refractivity contribution in [2.24, 2.45) is 0 Å². The van der Waals surface area contributed by atoms with E-state index in [1.54, 1.807) is 0 Å². The van der Waals surface area contributed by atoms with Gasteiger partial charge < -0.3 is 9.58 Å². The molecule has 0 bridgehead atoms. The molecule has 0 aliphatic carbocycles. The van der Waals surface area contributed by atoms with E-state index in [4.69, 9.17) is 11.3 Å². The van der Waals surface area contributed by atoms with Crippen LogP contribution >= 0.6 is 0 Å². The van der Waals surface area contributed by atoms with Crippen molar-refractivity contribution in [3.05, 3.63) is 41.2 Å². The SMILES string of the molecule is [C-]#[N+]C(C)COc1cccc(C)c1. The summed E-state index contributed by atoms with van der Waals surface area (Å²) in [5.41, 5.74) is 1.17. The molecule has 1 atom stereocenters. The maximum atomic E-state index is 6.76. The summed E-state index contributed by atoms with van der Waals surface area (Å²) in [4.78, 5) is 3.35. The van der Waals surface area contributed by atoms with Crippen LogP contribution in [0.1, 0.15) is 12.5 Å². The van der Waals surface area contributed by atoms with E-state index >= 15 is 0 Å². The summed E-state index contributed by atoms with van der Waals surface area (Å²) < 4.78 is 5.43. The summed E-state index contributed by atoms with van der Waals surface area (Å²) in [7, 11) is 0. The molecule has 1 aromatic carbocycles. The largest absolute Gasteiger partial charge is 0.485 e. The van der Waals surface area contributed by atoms with Crippen molar-refractivity contribution in [1.82, 2.24) is 0 Å². The highest BCUT2D eigenvalue weighted by molar-refractivity contribution is 5.27. The lowest BCUT2D eigenvalue weighted by molar-refractivity contribution is 0.309. The highest BCUT2D eigenvalue weighted by Crippen LogP contribution is 2.12. The van der Waals surface area contributed by atoms with E-state index in [2.05, 4.69) is 4.85 Å². The zero-order valence-corrected chi connectivity index (χ0v) is 7.95. The molecule has 1 rings (SSSR count). The highest BCUT2D eigenvalue weighted by atomic mass is 16.5. The van der Waals surface area contributed by atoms with Gasteiger partial charge >= 0.3 is 0 Å². The average molecular weight is 175 g/mol. The first-order valence-electron chi connectivity index (χ1n) is 4.28. The lowest BCUT2D eigenvalue weighted by Gasteiger charge is -2.05. The molecule has 0 saturated carbocycles. The van der Waals surface area contributed by atoms with Gasteiger partial charge in [0.05, 0.1) is 0 Å². The van der Waals surface area contributed by atoms with Crippen LogP contribution in [0.25, 0.3) is 4.85 Å². The molecule has 2 nitrogen and oxygen atoms in total. The molecular formula is C11H13NO. The van der Waals surface area contributed by atoms with Crippen LogP contribution in [-0.4, -0.2) is 12.6 Å². The second-order valence-corrected chi connectivity index (χ2v) is 3.11. The summed E-state index contributed by atoms with van der Waals surface area (Å²) in [5, 5.41) is 0. The van der Waals surface area contributed by atoms with Crippen LogP contribution in [0.3, 0.4) is 0 Å². The normalized spacial score (nSPS) is 11.8. The van der Waals surface area contributed by atoms with E-state index in [9.17, 15) is 0 Å². The van der Waals surface area contributed by atoms with Crippen LogP contribution in [0, 0.1) is 13.5 Å². The topological polar surface area (TPSA) is 13.6 Å². The number of rotatable bonds is 3. The first-order valence-corrected chi connectivity index (χ1v) is 4.28. The third-order valence-corrected chi connectivity index (χ3v) is 1.70. The third-order valence-electron chi connectivity index (χ3n) is 1.70. The van der Waals surface area contributed by atoms with Crippen molar-refractivity contribution in [3.8, 4) is 5.75 Å². The van der Waals surface area contributed by atoms with Gasteiger partial charge in [0, 0.05) is 6.92 Å². The Bertz CT molecular complexity index is 314. The van der Waals surface area contributed by atoms with Gasteiger partial charge in [0.25, 0.3) is 6.04 Å². The minimum absolute atomic E-state index is 0.0690. The minimum Gasteiger partial charge on any atom is -0.485 e. The molecule has 0 amide bonds. The van der Waals surface area contributed by atoms with Gasteiger partial charge in [-0.2, -0.15) is 0 Å². The van der Waals surface area contributed by atoms with E-state index in [0.717, 1.165) is 5.75 Å². The summed E-state index contributed by atoms with van der Waals surface area (Å²) >= 11 is 0. The number of hydrogen-bond acceptors (Lipinski definition) is 1. The lowest BCUT2D eigenvalue weighted by atomic mass is 10.2. The number of aryl methyl sites for hydroxylation is 1. The standard InChI is InChI=1S/C11H13NO/c1-9-5-4-6-11(7-9)13-8-10(2)12-3/h4-7,10H,8H2,1-2H3. The Labute approximate surface area is 79.0 Å². The molecule has 0 saturated heterocycles. The van der Waals surface area contributed by atoms with Crippen LogP contribution in [0.2, 0.25) is 0 Å². The van der Waals surface area contributed by atoms with Gasteiger partial charge in [-0.3, -0.25) is 0 Å². The van der Waals surface area contributed by atoms with Crippen LogP contribution in [0.15, 0.2) is 24.3 Å². The molecule has 0 spiro atoms. The Morgan fingerprint density at radius 1 is 1.54 bits per heavy atom. The van der Waals surface area contributed by atoms with Crippen molar-refractivity contribution in [2.75, 3.05) is 6.61 Å². The van der Waals surface area contributed by atoms with Crippen LogP contribution in [0.5, 0.6) is 5.75 Å². The van der Waals surface area contributed by atoms with Gasteiger partial charge in [0.2, 0.25) is 0 Å². The Morgan fingerprint density at radius 3 is 2.92 bits per heavy atom. The predicted molar refractivity (Wildman–Crippen MR) is 52.7 cm³/mol. The van der Waals surface area contributed by atoms with Gasteiger partial charge in [0.15, 0.2) is 6.61 Å². The third kappa shape index (κ3) is 3.16. The zero-order valence-electron chi connectivity index (χ0n) is 7.95. The van der Waals surface area contributed by atoms with E-state index < -0.39 is 0 Å². The molecule has 0 heterocycles. The first kappa shape index (κ1) is 9.60. The second-order valence-electron chi connectivity index (χ2n) is 3.11. The number of ether oxygens (including phenoxy) is 1. The van der Waals surface area contributed by atoms with Gasteiger partial charge in [-0.1, -0.05) is 12.1 Å². The van der Waals surface area contributed by atoms with E-state index in [1.165, 1.54) is 5.56 Å². The van der Waals surface area contributed by atoms with Crippen molar-refractivity contribution in [2.45, 2.75) is 19.9 Å². The highest BCUT2D eigenvalue weighted by Gasteiger charge is 2.04. The number of benzene rings is 1. The Kier molecular flexibility index (Phi) is 3.33. The maximum Gasteiger partial charge on any atom is 0.254 e. The molecule has 0 fully saturated rings. The monoisotopic (exact) mass is 175 g/mol. The fourth-order valence-corrected chi connectivity index (χ4v) is 0.959. The van der Waals surface area contributed by atoms with Gasteiger partial charge in [-0.15, -0.1) is 0 Å². The molecule has 13 heavy (non-hydrogen) atoms. The number of hydrogen-bond donors (Lipinski definition) is 0. The molecule has 0 radical (unpaired) electrons. The Morgan fingerprint density at radius 2 is 2.31 bits per heavy atom. The van der Waals surface area contributed by atoms with Crippen molar-refractivity contribution >= 4 is 0 Å². The first-order chi connectivity index (χ1) is 6.22. The van der Waals surface area contributed by atoms with E-state index in [1.807, 2.05) is 38.1 Å². The molecule has 0 aliphatic heterocycles. The van der Waals surface area contributed by atoms with Gasteiger partial charge in [-0.05, 0) is 24.6 Å². The van der Waals surface area contributed by atoms with Gasteiger partial charge in [0.1, 0.15) is 5.75 Å². The fraction of sp³-hybridized carbons (Fsp3) is 0.364. The van der Waals surface area contributed by atoms with Crippen LogP contribution in [0.4, 0.5) is 0 Å². The van der Waals surface area contributed by atoms with Crippen molar-refractivity contribution < 1.29 is 4.74 Å². The van der Waals surface area contributed by atoms with Gasteiger partial charge in [-0.25, -0.2) is 6.57 Å². The van der Waals surface area contributed by atoms with E-state index in [0.29, 0.717) is 6.61 Å². The lowest BCUT2D eigenvalue weighted by Crippen LogP contribution is -2.09. The molecular weight excluding hydrogens is 162 g/mol. The molecule has 0 aromatic heterocycles. The molecule has 2 heteroatoms. The van der Waals surface area contributed by atoms with Crippen LogP contribution < -0.4 is 4.74 Å². The Balaban J connectivity index is 2.51. The predicted octanol–water partition coefficient (Wildman–Crippen LogP) is 2.68. The Hall–Kier alpha value is -1.49. The minimum atomic E-state index is -0.0690. The smallest absolute Gasteiger partial charge is 0.254 e. The maximum absolute atomic E-state index is 6.76. The zero-order chi connectivity index (χ0) is 9.68. The summed E-state index contributed by atoms with van der Waals surface area (Å²) in [6.45, 7) is 11.1. The molecule has 1 unspecified atom stereocenters. The molecule has 0 aliphatic rings. The average Bonchev–Trinajstić information content (AvgIpc) is 2.14. The van der Waals surface area contributed by atoms with Crippen LogP contribution in [-0.2, 0) is 0 Å². The van der Waals surface area contributed by atoms with E-state index in [-0.39, 0.29) is 6.04 Å². The van der Waals surface area contributed by atoms with Crippen molar-refractivity contribution in [3.63, 3.8) is 0 Å². The fourth-order valence-electron chi connectivity index (χ4n) is 0.959. The summed E-state index contributed by atoms with van der Waals surface area (Å²) in [5.74, 6) is 0.843. The van der Waals surface area contributed by atoms with Crippen molar-refractivity contribution in [1.29, 1.82) is 0 Å².